The fourth-order valence-corrected chi connectivity index (χ4v) is 7.10. The second kappa shape index (κ2) is 8.48. The summed E-state index contributed by atoms with van der Waals surface area (Å²) in [5, 5.41) is 0. The molecular weight excluding hydrogens is 523 g/mol. The first-order valence-corrected chi connectivity index (χ1v) is 14.0. The second-order valence-corrected chi connectivity index (χ2v) is 13.8. The molecule has 206 valence electrons. The number of anilines is 3. The fraction of sp³-hybridized carbons (Fsp3) is 0.625. The van der Waals surface area contributed by atoms with E-state index in [0.29, 0.717) is 43.9 Å². The molecule has 0 saturated carbocycles. The molecule has 14 heteroatoms. The van der Waals surface area contributed by atoms with E-state index in [1.165, 1.54) is 13.3 Å². The molecule has 3 aliphatic heterocycles. The Balaban J connectivity index is 1.45. The van der Waals surface area contributed by atoms with Crippen LogP contribution in [0.2, 0.25) is 0 Å². The van der Waals surface area contributed by atoms with Gasteiger partial charge in [0.2, 0.25) is 5.91 Å². The van der Waals surface area contributed by atoms with E-state index in [2.05, 4.69) is 24.8 Å². The van der Waals surface area contributed by atoms with E-state index in [0.717, 1.165) is 11.8 Å². The Morgan fingerprint density at radius 3 is 2.24 bits per heavy atom. The van der Waals surface area contributed by atoms with Crippen molar-refractivity contribution in [1.29, 1.82) is 0 Å². The summed E-state index contributed by atoms with van der Waals surface area (Å²) < 4.78 is 62.3. The number of carbonyl (C=O) groups excluding carboxylic acids is 1. The first-order valence-electron chi connectivity index (χ1n) is 12.4. The van der Waals surface area contributed by atoms with Gasteiger partial charge in [-0.05, 0) is 27.2 Å². The molecule has 3 aliphatic rings. The normalized spacial score (nSPS) is 28.2. The molecular formula is C24H30F3N7O3S. The molecule has 0 aliphatic carbocycles. The van der Waals surface area contributed by atoms with Crippen molar-refractivity contribution in [3.8, 4) is 0 Å². The van der Waals surface area contributed by atoms with Crippen molar-refractivity contribution in [3.63, 3.8) is 0 Å². The second-order valence-electron chi connectivity index (χ2n) is 11.2. The van der Waals surface area contributed by atoms with E-state index in [9.17, 15) is 26.4 Å². The van der Waals surface area contributed by atoms with E-state index in [-0.39, 0.29) is 29.6 Å². The smallest absolute Gasteiger partial charge is 0.350 e. The van der Waals surface area contributed by atoms with Gasteiger partial charge in [0.05, 0.1) is 18.1 Å². The van der Waals surface area contributed by atoms with Gasteiger partial charge in [0.25, 0.3) is 0 Å². The summed E-state index contributed by atoms with van der Waals surface area (Å²) in [7, 11) is -3.45. The number of aromatic nitrogens is 4. The number of amides is 1. The molecule has 2 saturated heterocycles. The van der Waals surface area contributed by atoms with Crippen LogP contribution >= 0.6 is 0 Å². The average Bonchev–Trinajstić information content (AvgIpc) is 3.14. The molecule has 5 heterocycles. The molecule has 0 N–H and O–H groups in total. The van der Waals surface area contributed by atoms with Crippen molar-refractivity contribution in [2.24, 2.45) is 0 Å². The molecule has 0 aromatic carbocycles. The van der Waals surface area contributed by atoms with Crippen LogP contribution in [0.15, 0.2) is 18.7 Å². The lowest BCUT2D eigenvalue weighted by atomic mass is 9.87. The predicted octanol–water partition coefficient (Wildman–Crippen LogP) is 2.72. The minimum Gasteiger partial charge on any atom is -0.350 e. The number of alkyl halides is 3. The highest BCUT2D eigenvalue weighted by molar-refractivity contribution is 7.95. The third kappa shape index (κ3) is 3.98. The molecule has 5 rings (SSSR count). The Kier molecular flexibility index (Phi) is 5.93. The molecule has 38 heavy (non-hydrogen) atoms. The van der Waals surface area contributed by atoms with Gasteiger partial charge < -0.3 is 14.7 Å². The maximum Gasteiger partial charge on any atom is 0.434 e. The maximum atomic E-state index is 13.3. The Bertz CT molecular complexity index is 1380. The molecule has 0 unspecified atom stereocenters. The van der Waals surface area contributed by atoms with E-state index in [1.807, 2.05) is 27.7 Å². The lowest BCUT2D eigenvalue weighted by Crippen LogP contribution is -2.66. The lowest BCUT2D eigenvalue weighted by molar-refractivity contribution is -0.141. The number of piperazine rings is 1. The highest BCUT2D eigenvalue weighted by Gasteiger charge is 2.57. The third-order valence-electron chi connectivity index (χ3n) is 8.00. The zero-order chi connectivity index (χ0) is 27.8. The van der Waals surface area contributed by atoms with Crippen LogP contribution in [-0.4, -0.2) is 81.4 Å². The average molecular weight is 554 g/mol. The Labute approximate surface area is 219 Å². The molecule has 0 spiro atoms. The molecule has 0 radical (unpaired) electrons. The molecule has 2 aromatic heterocycles. The van der Waals surface area contributed by atoms with Gasteiger partial charge in [-0.25, -0.2) is 28.4 Å². The zero-order valence-electron chi connectivity index (χ0n) is 21.8. The van der Waals surface area contributed by atoms with Crippen molar-refractivity contribution in [2.75, 3.05) is 35.2 Å². The number of halogens is 3. The Hall–Kier alpha value is -3.03. The third-order valence-corrected chi connectivity index (χ3v) is 10.5. The summed E-state index contributed by atoms with van der Waals surface area (Å²) in [4.78, 5) is 35.4. The number of carbonyl (C=O) groups is 1. The van der Waals surface area contributed by atoms with Gasteiger partial charge >= 0.3 is 6.18 Å². The fourth-order valence-electron chi connectivity index (χ4n) is 5.56. The number of nitrogens with zero attached hydrogens (tertiary/aromatic N) is 7. The minimum absolute atomic E-state index is 0.0289. The Morgan fingerprint density at radius 2 is 1.68 bits per heavy atom. The number of fused-ring (bicyclic) bond motifs is 1. The number of hydrogen-bond donors (Lipinski definition) is 0. The van der Waals surface area contributed by atoms with Gasteiger partial charge in [-0.3, -0.25) is 4.79 Å². The van der Waals surface area contributed by atoms with Crippen LogP contribution < -0.4 is 9.80 Å². The highest BCUT2D eigenvalue weighted by atomic mass is 32.2. The van der Waals surface area contributed by atoms with Crippen molar-refractivity contribution in [1.82, 2.24) is 24.8 Å². The molecule has 10 nitrogen and oxygen atoms in total. The van der Waals surface area contributed by atoms with E-state index >= 15 is 0 Å². The summed E-state index contributed by atoms with van der Waals surface area (Å²) in [6.07, 6.45) is -1.03. The highest BCUT2D eigenvalue weighted by Crippen LogP contribution is 2.47. The predicted molar refractivity (Wildman–Crippen MR) is 134 cm³/mol. The van der Waals surface area contributed by atoms with Crippen molar-refractivity contribution >= 4 is 33.2 Å². The Morgan fingerprint density at radius 1 is 1.00 bits per heavy atom. The van der Waals surface area contributed by atoms with Crippen molar-refractivity contribution in [2.45, 2.75) is 69.5 Å². The monoisotopic (exact) mass is 553 g/mol. The van der Waals surface area contributed by atoms with E-state index in [1.54, 1.807) is 9.80 Å². The summed E-state index contributed by atoms with van der Waals surface area (Å²) in [6.45, 7) is 10.5. The molecule has 1 amide bonds. The van der Waals surface area contributed by atoms with Gasteiger partial charge in [-0.15, -0.1) is 0 Å². The summed E-state index contributed by atoms with van der Waals surface area (Å²) >= 11 is 0. The lowest BCUT2D eigenvalue weighted by Gasteiger charge is -2.49. The summed E-state index contributed by atoms with van der Waals surface area (Å²) in [6, 6.07) is -0.436. The maximum absolute atomic E-state index is 13.3. The first-order chi connectivity index (χ1) is 17.6. The quantitative estimate of drug-likeness (QED) is 0.566. The number of hydrogen-bond acceptors (Lipinski definition) is 9. The first kappa shape index (κ1) is 26.6. The van der Waals surface area contributed by atoms with Gasteiger partial charge in [-0.1, -0.05) is 13.8 Å². The molecule has 3 atom stereocenters. The van der Waals surface area contributed by atoms with Crippen LogP contribution in [0.5, 0.6) is 0 Å². The van der Waals surface area contributed by atoms with Crippen LogP contribution in [0, 0.1) is 0 Å². The minimum atomic E-state index is -4.58. The molecule has 2 fully saturated rings. The summed E-state index contributed by atoms with van der Waals surface area (Å²) in [5.74, 6) is 1.14. The van der Waals surface area contributed by atoms with Crippen LogP contribution in [-0.2, 0) is 26.2 Å². The van der Waals surface area contributed by atoms with Crippen LogP contribution in [0.4, 0.5) is 30.6 Å². The van der Waals surface area contributed by atoms with E-state index in [4.69, 9.17) is 0 Å². The molecule has 0 bridgehead atoms. The zero-order valence-corrected chi connectivity index (χ0v) is 22.6. The topological polar surface area (TPSA) is 112 Å². The standard InChI is InChI=1S/C24H30F3N7O3S/c1-14-11-33(21(35)23(5)6-7-38(23,36)37)15(2)10-32(14)19-18-20(31-13-30-19)34(12-22(18,3)4)17-9-28-16(8-29-17)24(25,26)27/h8-9,13-15H,6-7,10-12H2,1-5H3/t14-,15+,23-/m0/s1. The van der Waals surface area contributed by atoms with Crippen LogP contribution in [0.3, 0.4) is 0 Å². The van der Waals surface area contributed by atoms with Gasteiger partial charge in [0, 0.05) is 42.7 Å². The number of sulfone groups is 1. The SMILES string of the molecule is C[C@@H]1CN(c2ncnc3c2C(C)(C)CN3c2cnc(C(F)(F)F)cn2)[C@@H](C)CN1C(=O)[C@]1(C)CCS1(=O)=O. The van der Waals surface area contributed by atoms with E-state index < -0.39 is 31.9 Å². The van der Waals surface area contributed by atoms with Crippen LogP contribution in [0.25, 0.3) is 0 Å². The van der Waals surface area contributed by atoms with Crippen molar-refractivity contribution in [3.05, 3.63) is 30.0 Å². The summed E-state index contributed by atoms with van der Waals surface area (Å²) in [5.41, 5.74) is -0.712. The molecule has 2 aromatic rings. The van der Waals surface area contributed by atoms with Crippen molar-refractivity contribution < 1.29 is 26.4 Å². The van der Waals surface area contributed by atoms with Gasteiger partial charge in [-0.2, -0.15) is 13.2 Å². The van der Waals surface area contributed by atoms with Gasteiger partial charge in [0.1, 0.15) is 22.7 Å². The number of rotatable bonds is 3. The largest absolute Gasteiger partial charge is 0.434 e. The van der Waals surface area contributed by atoms with Gasteiger partial charge in [0.15, 0.2) is 21.3 Å². The van der Waals surface area contributed by atoms with Crippen LogP contribution in [0.1, 0.15) is 52.3 Å².